The van der Waals surface area contributed by atoms with Gasteiger partial charge in [0, 0.05) is 17.7 Å². The maximum atomic E-state index is 11.2. The van der Waals surface area contributed by atoms with Crippen LogP contribution in [0.4, 0.5) is 0 Å². The first kappa shape index (κ1) is 37.2. The Kier molecular flexibility index (Phi) is 14.8. The first-order valence-electron chi connectivity index (χ1n) is 17.8. The summed E-state index contributed by atoms with van der Waals surface area (Å²) in [5, 5.41) is 11.2. The van der Waals surface area contributed by atoms with Crippen LogP contribution >= 0.6 is 0 Å². The molecule has 0 aliphatic rings. The average Bonchev–Trinajstić information content (AvgIpc) is 3.14. The highest BCUT2D eigenvalue weighted by Gasteiger charge is 2.19. The molecule has 2 atom stereocenters. The van der Waals surface area contributed by atoms with E-state index in [1.165, 1.54) is 19.3 Å². The van der Waals surface area contributed by atoms with Gasteiger partial charge in [-0.3, -0.25) is 0 Å². The van der Waals surface area contributed by atoms with E-state index in [1.54, 1.807) is 25.3 Å². The number of rotatable bonds is 21. The number of phenols is 1. The lowest BCUT2D eigenvalue weighted by atomic mass is 10.0. The third-order valence-electron chi connectivity index (χ3n) is 8.80. The largest absolute Gasteiger partial charge is 0.507 e. The van der Waals surface area contributed by atoms with E-state index >= 15 is 0 Å². The van der Waals surface area contributed by atoms with Gasteiger partial charge in [-0.25, -0.2) is 15.0 Å². The molecule has 0 aliphatic heterocycles. The zero-order valence-electron chi connectivity index (χ0n) is 29.9. The van der Waals surface area contributed by atoms with Gasteiger partial charge in [-0.15, -0.1) is 0 Å². The zero-order valence-corrected chi connectivity index (χ0v) is 29.9. The Bertz CT molecular complexity index is 1610. The number of unbranched alkanes of at least 4 members (excludes halogenated alkanes) is 2. The Balaban J connectivity index is 1.72. The van der Waals surface area contributed by atoms with E-state index in [2.05, 4.69) is 34.3 Å². The number of aromatic nitrogens is 3. The van der Waals surface area contributed by atoms with Crippen LogP contribution in [0.5, 0.6) is 28.7 Å². The van der Waals surface area contributed by atoms with E-state index < -0.39 is 0 Å². The Morgan fingerprint density at radius 1 is 0.673 bits per heavy atom. The van der Waals surface area contributed by atoms with Crippen LogP contribution in [0.15, 0.2) is 73.3 Å². The third-order valence-corrected chi connectivity index (χ3v) is 8.80. The lowest BCUT2D eigenvalue weighted by Crippen LogP contribution is -2.11. The van der Waals surface area contributed by atoms with Crippen molar-refractivity contribution in [2.24, 2.45) is 11.8 Å². The maximum absolute atomic E-state index is 11.2. The molecule has 49 heavy (non-hydrogen) atoms. The van der Waals surface area contributed by atoms with Crippen LogP contribution < -0.4 is 18.9 Å². The summed E-state index contributed by atoms with van der Waals surface area (Å²) in [6.07, 6.45) is 10.8. The van der Waals surface area contributed by atoms with Gasteiger partial charge in [0.1, 0.15) is 35.4 Å². The molecule has 1 N–H and O–H groups in total. The van der Waals surface area contributed by atoms with Crippen LogP contribution in [0.25, 0.3) is 34.2 Å². The normalized spacial score (nSPS) is 12.3. The van der Waals surface area contributed by atoms with Crippen molar-refractivity contribution in [3.05, 3.63) is 73.3 Å². The molecule has 8 nitrogen and oxygen atoms in total. The molecule has 0 fully saturated rings. The molecule has 4 rings (SSSR count). The number of methoxy groups -OCH3 is 1. The van der Waals surface area contributed by atoms with E-state index in [-0.39, 0.29) is 5.75 Å². The van der Waals surface area contributed by atoms with Crippen molar-refractivity contribution in [3.63, 3.8) is 0 Å². The standard InChI is InChI=1S/C41H53N3O5/c1-7-12-14-29(10-4)27-48-33-20-22-35(37(45)25-33)40-42-39(31-16-18-32(46-6)19-17-31)43-41(44-40)36-23-21-34(26-38(36)47-24-9-3)49-28-30(11-5)15-13-8-2/h9,16-23,25-26,29-30,45H,3,7-8,10-15,24,27-28H2,1-2,4-6H3. The minimum atomic E-state index is 0.0253. The number of hydrogen-bond donors (Lipinski definition) is 1. The van der Waals surface area contributed by atoms with Crippen LogP contribution in [0, 0.1) is 11.8 Å². The number of aromatic hydroxyl groups is 1. The minimum Gasteiger partial charge on any atom is -0.507 e. The molecule has 2 unspecified atom stereocenters. The summed E-state index contributed by atoms with van der Waals surface area (Å²) in [5.41, 5.74) is 1.91. The van der Waals surface area contributed by atoms with E-state index in [1.807, 2.05) is 48.5 Å². The van der Waals surface area contributed by atoms with Crippen LogP contribution in [0.1, 0.15) is 79.1 Å². The van der Waals surface area contributed by atoms with E-state index in [9.17, 15) is 5.11 Å². The molecule has 0 aliphatic carbocycles. The molecule has 262 valence electrons. The number of ether oxygens (including phenoxy) is 4. The van der Waals surface area contributed by atoms with Gasteiger partial charge in [-0.2, -0.15) is 0 Å². The first-order valence-corrected chi connectivity index (χ1v) is 17.8. The fourth-order valence-corrected chi connectivity index (χ4v) is 5.55. The smallest absolute Gasteiger partial charge is 0.167 e. The van der Waals surface area contributed by atoms with Gasteiger partial charge in [-0.05, 0) is 73.2 Å². The number of benzene rings is 3. The lowest BCUT2D eigenvalue weighted by molar-refractivity contribution is 0.232. The summed E-state index contributed by atoms with van der Waals surface area (Å²) in [5.74, 6) is 4.78. The summed E-state index contributed by atoms with van der Waals surface area (Å²) in [6, 6.07) is 18.5. The summed E-state index contributed by atoms with van der Waals surface area (Å²) in [6.45, 7) is 14.2. The average molecular weight is 668 g/mol. The number of hydrogen-bond acceptors (Lipinski definition) is 8. The summed E-state index contributed by atoms with van der Waals surface area (Å²) in [7, 11) is 1.63. The maximum Gasteiger partial charge on any atom is 0.167 e. The summed E-state index contributed by atoms with van der Waals surface area (Å²) < 4.78 is 23.9. The van der Waals surface area contributed by atoms with E-state index in [4.69, 9.17) is 33.9 Å². The van der Waals surface area contributed by atoms with Crippen molar-refractivity contribution in [1.29, 1.82) is 0 Å². The summed E-state index contributed by atoms with van der Waals surface area (Å²) >= 11 is 0. The lowest BCUT2D eigenvalue weighted by Gasteiger charge is -2.17. The van der Waals surface area contributed by atoms with Crippen molar-refractivity contribution in [3.8, 4) is 62.9 Å². The third kappa shape index (κ3) is 10.7. The van der Waals surface area contributed by atoms with Crippen molar-refractivity contribution < 1.29 is 24.1 Å². The van der Waals surface area contributed by atoms with Gasteiger partial charge in [0.05, 0.1) is 31.5 Å². The number of nitrogens with zero attached hydrogens (tertiary/aromatic N) is 3. The molecular formula is C41H53N3O5. The predicted octanol–water partition coefficient (Wildman–Crippen LogP) is 10.3. The molecular weight excluding hydrogens is 614 g/mol. The molecule has 4 aromatic rings. The molecule has 1 aromatic heterocycles. The highest BCUT2D eigenvalue weighted by molar-refractivity contribution is 5.73. The molecule has 0 amide bonds. The fourth-order valence-electron chi connectivity index (χ4n) is 5.55. The first-order chi connectivity index (χ1) is 23.9. The Hall–Kier alpha value is -4.59. The van der Waals surface area contributed by atoms with Crippen molar-refractivity contribution in [1.82, 2.24) is 15.0 Å². The fraction of sp³-hybridized carbons (Fsp3) is 0.439. The zero-order chi connectivity index (χ0) is 35.0. The van der Waals surface area contributed by atoms with Crippen LogP contribution in [0.2, 0.25) is 0 Å². The van der Waals surface area contributed by atoms with Crippen molar-refractivity contribution in [2.45, 2.75) is 79.1 Å². The SMILES string of the molecule is C=CCOc1cc(OCC(CC)CCCC)ccc1-c1nc(-c2ccc(OC)cc2)nc(-c2ccc(OCC(CC)CCCC)cc2O)n1. The summed E-state index contributed by atoms with van der Waals surface area (Å²) in [4.78, 5) is 14.6. The highest BCUT2D eigenvalue weighted by Crippen LogP contribution is 2.37. The Morgan fingerprint density at radius 2 is 1.20 bits per heavy atom. The Morgan fingerprint density at radius 3 is 1.73 bits per heavy atom. The monoisotopic (exact) mass is 667 g/mol. The van der Waals surface area contributed by atoms with Gasteiger partial charge in [0.15, 0.2) is 17.5 Å². The quantitative estimate of drug-likeness (QED) is 0.0877. The molecule has 0 saturated heterocycles. The number of phenolic OH excluding ortho intramolecular Hbond substituents is 1. The van der Waals surface area contributed by atoms with E-state index in [0.29, 0.717) is 71.8 Å². The van der Waals surface area contributed by atoms with Gasteiger partial charge < -0.3 is 24.1 Å². The minimum absolute atomic E-state index is 0.0253. The Labute approximate surface area is 292 Å². The molecule has 8 heteroatoms. The van der Waals surface area contributed by atoms with Gasteiger partial charge in [0.2, 0.25) is 0 Å². The molecule has 0 bridgehead atoms. The molecule has 1 heterocycles. The van der Waals surface area contributed by atoms with Gasteiger partial charge in [0.25, 0.3) is 0 Å². The molecule has 0 saturated carbocycles. The van der Waals surface area contributed by atoms with Crippen LogP contribution in [-0.2, 0) is 0 Å². The van der Waals surface area contributed by atoms with E-state index in [0.717, 1.165) is 49.2 Å². The molecule has 3 aromatic carbocycles. The topological polar surface area (TPSA) is 95.8 Å². The van der Waals surface area contributed by atoms with Crippen LogP contribution in [0.3, 0.4) is 0 Å². The highest BCUT2D eigenvalue weighted by atomic mass is 16.5. The van der Waals surface area contributed by atoms with Gasteiger partial charge >= 0.3 is 0 Å². The van der Waals surface area contributed by atoms with Crippen molar-refractivity contribution >= 4 is 0 Å². The predicted molar refractivity (Wildman–Crippen MR) is 198 cm³/mol. The second kappa shape index (κ2) is 19.4. The molecule has 0 spiro atoms. The second-order valence-corrected chi connectivity index (χ2v) is 12.4. The van der Waals surface area contributed by atoms with Crippen molar-refractivity contribution in [2.75, 3.05) is 26.9 Å². The second-order valence-electron chi connectivity index (χ2n) is 12.4. The molecule has 0 radical (unpaired) electrons. The van der Waals surface area contributed by atoms with Crippen LogP contribution in [-0.4, -0.2) is 47.0 Å². The van der Waals surface area contributed by atoms with Gasteiger partial charge in [-0.1, -0.05) is 78.9 Å².